The third kappa shape index (κ3) is 2.36. The van der Waals surface area contributed by atoms with Gasteiger partial charge >= 0.3 is 0 Å². The van der Waals surface area contributed by atoms with Crippen LogP contribution in [-0.2, 0) is 11.3 Å². The summed E-state index contributed by atoms with van der Waals surface area (Å²) in [4.78, 5) is 35.8. The van der Waals surface area contributed by atoms with Gasteiger partial charge in [0.1, 0.15) is 11.7 Å². The van der Waals surface area contributed by atoms with Crippen LogP contribution >= 0.6 is 0 Å². The van der Waals surface area contributed by atoms with Crippen molar-refractivity contribution in [3.05, 3.63) is 28.1 Å². The minimum Gasteiger partial charge on any atom is -0.353 e. The predicted octanol–water partition coefficient (Wildman–Crippen LogP) is 0.377. The molecule has 0 aromatic carbocycles. The molecule has 1 atom stereocenters. The fourth-order valence-electron chi connectivity index (χ4n) is 2.24. The summed E-state index contributed by atoms with van der Waals surface area (Å²) in [5.41, 5.74) is 0.116. The molecule has 1 saturated heterocycles. The van der Waals surface area contributed by atoms with Crippen LogP contribution in [0.4, 0.5) is 5.69 Å². The van der Waals surface area contributed by atoms with E-state index in [1.54, 1.807) is 13.8 Å². The number of rotatable bonds is 3. The van der Waals surface area contributed by atoms with Crippen LogP contribution in [0.1, 0.15) is 24.3 Å². The second-order valence-corrected chi connectivity index (χ2v) is 4.59. The summed E-state index contributed by atoms with van der Waals surface area (Å²) in [7, 11) is 0. The van der Waals surface area contributed by atoms with Crippen LogP contribution in [-0.4, -0.2) is 45.3 Å². The number of nitro groups is 1. The molecule has 0 spiro atoms. The summed E-state index contributed by atoms with van der Waals surface area (Å²) in [5.74, 6) is -0.573. The Bertz CT molecular complexity index is 566. The smallest absolute Gasteiger partial charge is 0.287 e. The van der Waals surface area contributed by atoms with E-state index < -0.39 is 11.0 Å². The summed E-state index contributed by atoms with van der Waals surface area (Å²) in [5, 5.41) is 13.5. The number of hydrogen-bond donors (Lipinski definition) is 1. The Hall–Kier alpha value is -2.38. The first-order valence-electron chi connectivity index (χ1n) is 6.39. The number of hydrogen-bond acceptors (Lipinski definition) is 4. The van der Waals surface area contributed by atoms with E-state index in [9.17, 15) is 19.7 Å². The Morgan fingerprint density at radius 2 is 2.30 bits per heavy atom. The van der Waals surface area contributed by atoms with Gasteiger partial charge < -0.3 is 14.8 Å². The van der Waals surface area contributed by atoms with Crippen molar-refractivity contribution in [2.45, 2.75) is 26.4 Å². The molecule has 0 bridgehead atoms. The summed E-state index contributed by atoms with van der Waals surface area (Å²) in [6.45, 7) is 4.68. The number of carbonyl (C=O) groups excluding carboxylic acids is 2. The number of nitrogens with zero attached hydrogens (tertiary/aromatic N) is 3. The van der Waals surface area contributed by atoms with Gasteiger partial charge in [-0.25, -0.2) is 0 Å². The van der Waals surface area contributed by atoms with Gasteiger partial charge in [0.15, 0.2) is 0 Å². The standard InChI is InChI=1S/C12H16N4O4/c1-3-14-7-9(16(19)20)6-10(14)12(18)15-5-4-13-11(17)8(15)2/h6-8H,3-5H2,1-2H3,(H,13,17). The van der Waals surface area contributed by atoms with Crippen LogP contribution < -0.4 is 5.32 Å². The minimum absolute atomic E-state index is 0.121. The van der Waals surface area contributed by atoms with Crippen LogP contribution in [0.3, 0.4) is 0 Å². The Labute approximate surface area is 115 Å². The number of amides is 2. The van der Waals surface area contributed by atoms with Crippen LogP contribution in [0.25, 0.3) is 0 Å². The van der Waals surface area contributed by atoms with E-state index in [1.165, 1.54) is 21.7 Å². The Morgan fingerprint density at radius 1 is 1.60 bits per heavy atom. The Morgan fingerprint density at radius 3 is 2.90 bits per heavy atom. The number of aryl methyl sites for hydroxylation is 1. The van der Waals surface area contributed by atoms with Crippen molar-refractivity contribution in [3.8, 4) is 0 Å². The second kappa shape index (κ2) is 5.32. The molecule has 1 fully saturated rings. The highest BCUT2D eigenvalue weighted by atomic mass is 16.6. The maximum Gasteiger partial charge on any atom is 0.287 e. The highest BCUT2D eigenvalue weighted by molar-refractivity contribution is 5.97. The van der Waals surface area contributed by atoms with E-state index >= 15 is 0 Å². The third-order valence-electron chi connectivity index (χ3n) is 3.41. The molecule has 2 heterocycles. The topological polar surface area (TPSA) is 97.5 Å². The fraction of sp³-hybridized carbons (Fsp3) is 0.500. The molecule has 20 heavy (non-hydrogen) atoms. The van der Waals surface area contributed by atoms with Crippen LogP contribution in [0.2, 0.25) is 0 Å². The minimum atomic E-state index is -0.574. The molecule has 1 unspecified atom stereocenters. The highest BCUT2D eigenvalue weighted by Crippen LogP contribution is 2.19. The molecule has 8 heteroatoms. The van der Waals surface area contributed by atoms with Gasteiger partial charge in [0.25, 0.3) is 11.6 Å². The fourth-order valence-corrected chi connectivity index (χ4v) is 2.24. The molecule has 8 nitrogen and oxygen atoms in total. The van der Waals surface area contributed by atoms with E-state index in [2.05, 4.69) is 5.32 Å². The first kappa shape index (κ1) is 14.0. The Balaban J connectivity index is 2.32. The van der Waals surface area contributed by atoms with Crippen molar-refractivity contribution in [2.75, 3.05) is 13.1 Å². The van der Waals surface area contributed by atoms with E-state index in [4.69, 9.17) is 0 Å². The van der Waals surface area contributed by atoms with Crippen molar-refractivity contribution in [1.82, 2.24) is 14.8 Å². The maximum absolute atomic E-state index is 12.5. The molecule has 1 aliphatic rings. The van der Waals surface area contributed by atoms with Crippen LogP contribution in [0.5, 0.6) is 0 Å². The first-order chi connectivity index (χ1) is 9.45. The molecule has 0 saturated carbocycles. The van der Waals surface area contributed by atoms with Crippen molar-refractivity contribution >= 4 is 17.5 Å². The molecule has 0 aliphatic carbocycles. The van der Waals surface area contributed by atoms with Crippen molar-refractivity contribution in [1.29, 1.82) is 0 Å². The molecule has 2 amide bonds. The van der Waals surface area contributed by atoms with Crippen LogP contribution in [0, 0.1) is 10.1 Å². The zero-order valence-corrected chi connectivity index (χ0v) is 11.3. The van der Waals surface area contributed by atoms with E-state index in [1.807, 2.05) is 0 Å². The number of aromatic nitrogens is 1. The Kier molecular flexibility index (Phi) is 3.73. The normalized spacial score (nSPS) is 18.8. The second-order valence-electron chi connectivity index (χ2n) is 4.59. The summed E-state index contributed by atoms with van der Waals surface area (Å²) in [6.07, 6.45) is 1.34. The SMILES string of the molecule is CCn1cc([N+](=O)[O-])cc1C(=O)N1CCNC(=O)C1C. The maximum atomic E-state index is 12.5. The van der Waals surface area contributed by atoms with Crippen molar-refractivity contribution < 1.29 is 14.5 Å². The molecule has 0 radical (unpaired) electrons. The lowest BCUT2D eigenvalue weighted by atomic mass is 10.2. The van der Waals surface area contributed by atoms with Crippen LogP contribution in [0.15, 0.2) is 12.3 Å². The molecule has 108 valence electrons. The van der Waals surface area contributed by atoms with E-state index in [0.29, 0.717) is 19.6 Å². The lowest BCUT2D eigenvalue weighted by molar-refractivity contribution is -0.384. The molecule has 1 N–H and O–H groups in total. The van der Waals surface area contributed by atoms with Crippen molar-refractivity contribution in [3.63, 3.8) is 0 Å². The summed E-state index contributed by atoms with van der Waals surface area (Å²) < 4.78 is 1.53. The summed E-state index contributed by atoms with van der Waals surface area (Å²) >= 11 is 0. The number of carbonyl (C=O) groups is 2. The van der Waals surface area contributed by atoms with Gasteiger partial charge in [-0.2, -0.15) is 0 Å². The number of piperazine rings is 1. The molecule has 1 aromatic heterocycles. The average molecular weight is 280 g/mol. The van der Waals surface area contributed by atoms with Gasteiger partial charge in [-0.1, -0.05) is 0 Å². The van der Waals surface area contributed by atoms with Gasteiger partial charge in [-0.3, -0.25) is 19.7 Å². The van der Waals surface area contributed by atoms with E-state index in [-0.39, 0.29) is 23.2 Å². The zero-order valence-electron chi connectivity index (χ0n) is 11.3. The van der Waals surface area contributed by atoms with Gasteiger partial charge in [0.05, 0.1) is 11.1 Å². The monoisotopic (exact) mass is 280 g/mol. The highest BCUT2D eigenvalue weighted by Gasteiger charge is 2.32. The lowest BCUT2D eigenvalue weighted by Gasteiger charge is -2.32. The zero-order chi connectivity index (χ0) is 14.9. The van der Waals surface area contributed by atoms with Gasteiger partial charge in [-0.15, -0.1) is 0 Å². The molecular weight excluding hydrogens is 264 g/mol. The largest absolute Gasteiger partial charge is 0.353 e. The molecular formula is C12H16N4O4. The molecule has 1 aromatic rings. The molecule has 1 aliphatic heterocycles. The first-order valence-corrected chi connectivity index (χ1v) is 6.39. The van der Waals surface area contributed by atoms with Gasteiger partial charge in [-0.05, 0) is 13.8 Å². The lowest BCUT2D eigenvalue weighted by Crippen LogP contribution is -2.56. The quantitative estimate of drug-likeness (QED) is 0.639. The number of nitrogens with one attached hydrogen (secondary N) is 1. The summed E-state index contributed by atoms with van der Waals surface area (Å²) in [6, 6.07) is 0.681. The van der Waals surface area contributed by atoms with Crippen molar-refractivity contribution in [2.24, 2.45) is 0 Å². The van der Waals surface area contributed by atoms with E-state index in [0.717, 1.165) is 0 Å². The average Bonchev–Trinajstić information content (AvgIpc) is 2.85. The third-order valence-corrected chi connectivity index (χ3v) is 3.41. The van der Waals surface area contributed by atoms with Gasteiger partial charge in [0, 0.05) is 25.7 Å². The predicted molar refractivity (Wildman–Crippen MR) is 70.3 cm³/mol. The molecule has 2 rings (SSSR count). The van der Waals surface area contributed by atoms with Gasteiger partial charge in [0.2, 0.25) is 5.91 Å².